The summed E-state index contributed by atoms with van der Waals surface area (Å²) in [6.07, 6.45) is 0. The molecule has 9 aromatic rings. The van der Waals surface area contributed by atoms with Crippen molar-refractivity contribution in [2.45, 2.75) is 9.79 Å². The Hall–Kier alpha value is -7.60. The second-order valence-electron chi connectivity index (χ2n) is 13.1. The Morgan fingerprint density at radius 1 is 0.316 bits per heavy atom. The Bertz CT molecular complexity index is 2820. The van der Waals surface area contributed by atoms with Gasteiger partial charge in [-0.15, -0.1) is 0 Å². The summed E-state index contributed by atoms with van der Waals surface area (Å²) >= 11 is 1.65. The zero-order valence-corrected chi connectivity index (χ0v) is 31.3. The van der Waals surface area contributed by atoms with Crippen LogP contribution in [0.4, 0.5) is 5.69 Å². The Labute approximate surface area is 334 Å². The van der Waals surface area contributed by atoms with Crippen molar-refractivity contribution in [3.63, 3.8) is 0 Å². The molecule has 0 unspecified atom stereocenters. The lowest BCUT2D eigenvalue weighted by Crippen LogP contribution is -2.00. The molecule has 0 aliphatic carbocycles. The fraction of sp³-hybridized carbons (Fsp3) is 0. The summed E-state index contributed by atoms with van der Waals surface area (Å²) in [4.78, 5) is 35.4. The third-order valence-electron chi connectivity index (χ3n) is 9.27. The minimum Gasteiger partial charge on any atom is -0.238 e. The Morgan fingerprint density at radius 2 is 0.649 bits per heavy atom. The van der Waals surface area contributed by atoms with Crippen LogP contribution in [0.1, 0.15) is 0 Å². The minimum absolute atomic E-state index is 0.566. The SMILES string of the molecule is [C-]#[N+]c1ccccc1-c1ccc(-c2nc(-c3ccccc3)nc(-c3cccc(Sc4cccc(-c5nc(-c6ccccc6)nc(-c6ccccc6)n5)c4)c3)n2)cc1. The van der Waals surface area contributed by atoms with Gasteiger partial charge in [-0.2, -0.15) is 0 Å². The molecule has 0 saturated carbocycles. The topological polar surface area (TPSA) is 81.7 Å². The van der Waals surface area contributed by atoms with Gasteiger partial charge in [0.25, 0.3) is 0 Å². The quantitative estimate of drug-likeness (QED) is 0.136. The molecule has 0 spiro atoms. The smallest absolute Gasteiger partial charge is 0.194 e. The summed E-state index contributed by atoms with van der Waals surface area (Å²) in [5.41, 5.74) is 7.84. The van der Waals surface area contributed by atoms with E-state index in [-0.39, 0.29) is 0 Å². The standard InChI is InChI=1S/C49H31N7S/c1-50-43-26-12-11-25-42(43)33-27-29-37(30-28-33)47-52-46(36-19-9-4-10-20-36)55-49(56-47)39-22-14-24-41(32-39)57-40-23-13-21-38(31-40)48-53-44(34-15-5-2-6-16-34)51-45(54-48)35-17-7-3-8-18-35/h2-32H. The number of benzene rings is 7. The van der Waals surface area contributed by atoms with Crippen LogP contribution >= 0.6 is 11.8 Å². The molecule has 0 fully saturated rings. The van der Waals surface area contributed by atoms with E-state index in [1.165, 1.54) is 0 Å². The zero-order chi connectivity index (χ0) is 38.4. The largest absolute Gasteiger partial charge is 0.238 e. The van der Waals surface area contributed by atoms with Crippen molar-refractivity contribution in [2.24, 2.45) is 0 Å². The van der Waals surface area contributed by atoms with E-state index in [9.17, 15) is 0 Å². The molecule has 0 amide bonds. The van der Waals surface area contributed by atoms with Crippen LogP contribution in [0.15, 0.2) is 198 Å². The zero-order valence-electron chi connectivity index (χ0n) is 30.4. The van der Waals surface area contributed by atoms with Gasteiger partial charge in [0.2, 0.25) is 0 Å². The lowest BCUT2D eigenvalue weighted by atomic mass is 10.0. The Balaban J connectivity index is 1.05. The van der Waals surface area contributed by atoms with Gasteiger partial charge in [0, 0.05) is 43.2 Å². The summed E-state index contributed by atoms with van der Waals surface area (Å²) < 4.78 is 0. The van der Waals surface area contributed by atoms with E-state index in [1.807, 2.05) is 164 Å². The second kappa shape index (κ2) is 16.0. The van der Waals surface area contributed by atoms with Crippen LogP contribution in [-0.4, -0.2) is 29.9 Å². The first-order chi connectivity index (χ1) is 28.2. The molecule has 57 heavy (non-hydrogen) atoms. The van der Waals surface area contributed by atoms with E-state index < -0.39 is 0 Å². The maximum atomic E-state index is 7.60. The average molecular weight is 750 g/mol. The first kappa shape index (κ1) is 35.1. The van der Waals surface area contributed by atoms with E-state index in [4.69, 9.17) is 36.5 Å². The van der Waals surface area contributed by atoms with Crippen LogP contribution < -0.4 is 0 Å². The molecule has 268 valence electrons. The molecule has 2 heterocycles. The number of rotatable bonds is 9. The molecule has 2 aromatic heterocycles. The van der Waals surface area contributed by atoms with E-state index in [0.717, 1.165) is 54.3 Å². The molecule has 0 radical (unpaired) electrons. The van der Waals surface area contributed by atoms with Crippen LogP contribution in [0.5, 0.6) is 0 Å². The molecule has 0 saturated heterocycles. The number of aromatic nitrogens is 6. The highest BCUT2D eigenvalue weighted by atomic mass is 32.2. The van der Waals surface area contributed by atoms with Crippen LogP contribution in [0.3, 0.4) is 0 Å². The highest BCUT2D eigenvalue weighted by Crippen LogP contribution is 2.35. The summed E-state index contributed by atoms with van der Waals surface area (Å²) in [6, 6.07) is 62.1. The highest BCUT2D eigenvalue weighted by Gasteiger charge is 2.15. The van der Waals surface area contributed by atoms with Crippen molar-refractivity contribution in [1.82, 2.24) is 29.9 Å². The van der Waals surface area contributed by atoms with Crippen molar-refractivity contribution in [3.8, 4) is 79.5 Å². The van der Waals surface area contributed by atoms with Crippen molar-refractivity contribution in [1.29, 1.82) is 0 Å². The second-order valence-corrected chi connectivity index (χ2v) is 14.2. The molecule has 0 atom stereocenters. The first-order valence-corrected chi connectivity index (χ1v) is 19.1. The summed E-state index contributed by atoms with van der Waals surface area (Å²) in [6.45, 7) is 7.60. The molecular weight excluding hydrogens is 719 g/mol. The summed E-state index contributed by atoms with van der Waals surface area (Å²) in [5, 5.41) is 0. The van der Waals surface area contributed by atoms with Crippen molar-refractivity contribution in [3.05, 3.63) is 199 Å². The van der Waals surface area contributed by atoms with Crippen LogP contribution in [0, 0.1) is 6.57 Å². The molecule has 7 nitrogen and oxygen atoms in total. The molecular formula is C49H31N7S. The number of hydrogen-bond acceptors (Lipinski definition) is 7. The molecule has 0 aliphatic heterocycles. The first-order valence-electron chi connectivity index (χ1n) is 18.3. The third-order valence-corrected chi connectivity index (χ3v) is 10.2. The maximum Gasteiger partial charge on any atom is 0.194 e. The number of para-hydroxylation sites is 1. The van der Waals surface area contributed by atoms with Crippen molar-refractivity contribution >= 4 is 17.4 Å². The van der Waals surface area contributed by atoms with Crippen molar-refractivity contribution < 1.29 is 0 Å². The number of nitrogens with zero attached hydrogens (tertiary/aromatic N) is 7. The van der Waals surface area contributed by atoms with Gasteiger partial charge in [-0.3, -0.25) is 0 Å². The monoisotopic (exact) mass is 749 g/mol. The Kier molecular flexibility index (Phi) is 9.87. The lowest BCUT2D eigenvalue weighted by Gasteiger charge is -2.11. The van der Waals surface area contributed by atoms with Crippen molar-refractivity contribution in [2.75, 3.05) is 0 Å². The van der Waals surface area contributed by atoms with Gasteiger partial charge in [0.15, 0.2) is 40.6 Å². The van der Waals surface area contributed by atoms with Crippen LogP contribution in [0.2, 0.25) is 0 Å². The predicted molar refractivity (Wildman–Crippen MR) is 228 cm³/mol. The minimum atomic E-state index is 0.566. The number of hydrogen-bond donors (Lipinski definition) is 0. The average Bonchev–Trinajstić information content (AvgIpc) is 3.30. The normalized spacial score (nSPS) is 10.9. The van der Waals surface area contributed by atoms with E-state index in [2.05, 4.69) is 29.1 Å². The predicted octanol–water partition coefficient (Wildman–Crippen LogP) is 12.4. The molecule has 0 bridgehead atoms. The van der Waals surface area contributed by atoms with E-state index in [1.54, 1.807) is 11.8 Å². The van der Waals surface area contributed by atoms with Crippen LogP contribution in [0.25, 0.3) is 84.3 Å². The fourth-order valence-electron chi connectivity index (χ4n) is 6.44. The maximum absolute atomic E-state index is 7.60. The van der Waals surface area contributed by atoms with Gasteiger partial charge >= 0.3 is 0 Å². The van der Waals surface area contributed by atoms with Gasteiger partial charge < -0.3 is 0 Å². The molecule has 9 rings (SSSR count). The molecule has 0 N–H and O–H groups in total. The van der Waals surface area contributed by atoms with Crippen LogP contribution in [-0.2, 0) is 0 Å². The summed E-state index contributed by atoms with van der Waals surface area (Å²) in [5.74, 6) is 3.58. The van der Waals surface area contributed by atoms with E-state index >= 15 is 0 Å². The molecule has 7 aromatic carbocycles. The van der Waals surface area contributed by atoms with Gasteiger partial charge in [-0.25, -0.2) is 34.7 Å². The van der Waals surface area contributed by atoms with Gasteiger partial charge in [0.1, 0.15) is 0 Å². The van der Waals surface area contributed by atoms with Gasteiger partial charge in [-0.05, 0) is 35.4 Å². The van der Waals surface area contributed by atoms with E-state index in [0.29, 0.717) is 40.6 Å². The third kappa shape index (κ3) is 7.82. The highest BCUT2D eigenvalue weighted by molar-refractivity contribution is 7.99. The molecule has 0 aliphatic rings. The lowest BCUT2D eigenvalue weighted by molar-refractivity contribution is 1.07. The molecule has 8 heteroatoms. The van der Waals surface area contributed by atoms with Gasteiger partial charge in [0.05, 0.1) is 6.57 Å². The van der Waals surface area contributed by atoms with Gasteiger partial charge in [-0.1, -0.05) is 176 Å². The Morgan fingerprint density at radius 3 is 1.07 bits per heavy atom. The summed E-state index contributed by atoms with van der Waals surface area (Å²) in [7, 11) is 0. The fourth-order valence-corrected chi connectivity index (χ4v) is 7.37.